The van der Waals surface area contributed by atoms with Gasteiger partial charge in [-0.05, 0) is 80.5 Å². The van der Waals surface area contributed by atoms with E-state index < -0.39 is 0 Å². The molecule has 0 aromatic heterocycles. The minimum absolute atomic E-state index is 0.0852. The standard InChI is InChI=1S/C20H28O2/c1-11(21)13-4-5-14-16-15(7-8-18(13,14)2)19(3)9-6-12-10-20(12,19)17(16)22/h12-16H,4-10H2,1-3H3/t12-,13-,14+,15+,16+,18-,19-,20+/m1/s1. The second-order valence-electron chi connectivity index (χ2n) is 9.72. The third-order valence-electron chi connectivity index (χ3n) is 9.46. The SMILES string of the molecule is CC(=O)[C@H]1CC[C@H]2[C@@H]3C(=O)[C@]45C[C@H]4CC[C@]5(C)[C@H]3CC[C@]12C. The molecular weight excluding hydrogens is 272 g/mol. The molecule has 0 aromatic rings. The van der Waals surface area contributed by atoms with Crippen LogP contribution in [0.3, 0.4) is 0 Å². The zero-order chi connectivity index (χ0) is 15.5. The molecule has 8 atom stereocenters. The first-order valence-electron chi connectivity index (χ1n) is 9.41. The maximum absolute atomic E-state index is 13.5. The van der Waals surface area contributed by atoms with E-state index in [1.165, 1.54) is 32.1 Å². The van der Waals surface area contributed by atoms with Gasteiger partial charge in [0.2, 0.25) is 0 Å². The average molecular weight is 300 g/mol. The summed E-state index contributed by atoms with van der Waals surface area (Å²) in [6.07, 6.45) is 8.28. The van der Waals surface area contributed by atoms with Gasteiger partial charge in [0.15, 0.2) is 0 Å². The van der Waals surface area contributed by atoms with Crippen LogP contribution in [0.15, 0.2) is 0 Å². The molecule has 0 heterocycles. The predicted molar refractivity (Wildman–Crippen MR) is 84.1 cm³/mol. The number of fused-ring (bicyclic) bond motifs is 4. The number of hydrogen-bond donors (Lipinski definition) is 0. The molecule has 0 saturated heterocycles. The smallest absolute Gasteiger partial charge is 0.143 e. The van der Waals surface area contributed by atoms with Gasteiger partial charge in [-0.1, -0.05) is 13.8 Å². The Kier molecular flexibility index (Phi) is 2.31. The molecule has 5 fully saturated rings. The van der Waals surface area contributed by atoms with Crippen LogP contribution in [-0.2, 0) is 9.59 Å². The monoisotopic (exact) mass is 300 g/mol. The summed E-state index contributed by atoms with van der Waals surface area (Å²) in [7, 11) is 0. The highest BCUT2D eigenvalue weighted by atomic mass is 16.1. The Morgan fingerprint density at radius 2 is 1.82 bits per heavy atom. The first-order chi connectivity index (χ1) is 10.4. The number of carbonyl (C=O) groups is 2. The van der Waals surface area contributed by atoms with Crippen LogP contribution >= 0.6 is 0 Å². The maximum atomic E-state index is 13.5. The Hall–Kier alpha value is -0.660. The molecule has 5 rings (SSSR count). The number of Topliss-reactive ketones (excluding diaryl/α,β-unsaturated/α-hetero) is 2. The van der Waals surface area contributed by atoms with Crippen molar-refractivity contribution in [3.63, 3.8) is 0 Å². The van der Waals surface area contributed by atoms with Gasteiger partial charge in [-0.25, -0.2) is 0 Å². The lowest BCUT2D eigenvalue weighted by atomic mass is 9.55. The second kappa shape index (κ2) is 3.70. The summed E-state index contributed by atoms with van der Waals surface area (Å²) in [5.74, 6) is 3.34. The second-order valence-corrected chi connectivity index (χ2v) is 9.72. The molecule has 0 N–H and O–H groups in total. The van der Waals surface area contributed by atoms with Crippen molar-refractivity contribution in [2.75, 3.05) is 0 Å². The molecule has 1 spiro atoms. The number of rotatable bonds is 1. The van der Waals surface area contributed by atoms with Crippen molar-refractivity contribution in [3.8, 4) is 0 Å². The van der Waals surface area contributed by atoms with Crippen molar-refractivity contribution in [1.29, 1.82) is 0 Å². The van der Waals surface area contributed by atoms with Gasteiger partial charge in [0.1, 0.15) is 11.6 Å². The van der Waals surface area contributed by atoms with Crippen LogP contribution in [0.4, 0.5) is 0 Å². The highest BCUT2D eigenvalue weighted by Crippen LogP contribution is 2.83. The molecule has 0 radical (unpaired) electrons. The van der Waals surface area contributed by atoms with Gasteiger partial charge in [0.25, 0.3) is 0 Å². The molecule has 5 saturated carbocycles. The average Bonchev–Trinajstić information content (AvgIpc) is 2.93. The van der Waals surface area contributed by atoms with E-state index in [4.69, 9.17) is 0 Å². The topological polar surface area (TPSA) is 34.1 Å². The van der Waals surface area contributed by atoms with Crippen LogP contribution in [0, 0.1) is 45.8 Å². The van der Waals surface area contributed by atoms with Crippen LogP contribution in [0.2, 0.25) is 0 Å². The lowest BCUT2D eigenvalue weighted by molar-refractivity contribution is -0.133. The van der Waals surface area contributed by atoms with E-state index >= 15 is 0 Å². The zero-order valence-electron chi connectivity index (χ0n) is 14.2. The summed E-state index contributed by atoms with van der Waals surface area (Å²) < 4.78 is 0. The van der Waals surface area contributed by atoms with E-state index in [9.17, 15) is 9.59 Å². The number of carbonyl (C=O) groups excluding carboxylic acids is 2. The van der Waals surface area contributed by atoms with E-state index in [0.29, 0.717) is 40.7 Å². The van der Waals surface area contributed by atoms with Crippen LogP contribution in [0.5, 0.6) is 0 Å². The molecule has 120 valence electrons. The van der Waals surface area contributed by atoms with Crippen LogP contribution in [0.1, 0.15) is 65.7 Å². The number of ketones is 2. The fourth-order valence-corrected chi connectivity index (χ4v) is 8.36. The first-order valence-corrected chi connectivity index (χ1v) is 9.41. The maximum Gasteiger partial charge on any atom is 0.143 e. The van der Waals surface area contributed by atoms with Gasteiger partial charge in [-0.3, -0.25) is 9.59 Å². The Morgan fingerprint density at radius 3 is 2.50 bits per heavy atom. The predicted octanol–water partition coefficient (Wildman–Crippen LogP) is 4.02. The Bertz CT molecular complexity index is 595. The van der Waals surface area contributed by atoms with Crippen LogP contribution in [0.25, 0.3) is 0 Å². The van der Waals surface area contributed by atoms with Gasteiger partial charge in [0.05, 0.1) is 0 Å². The molecule has 0 aliphatic heterocycles. The first kappa shape index (κ1) is 13.7. The van der Waals surface area contributed by atoms with E-state index in [1.807, 2.05) is 0 Å². The fraction of sp³-hybridized carbons (Fsp3) is 0.900. The van der Waals surface area contributed by atoms with E-state index in [1.54, 1.807) is 6.92 Å². The normalized spacial score (nSPS) is 61.4. The molecule has 0 amide bonds. The van der Waals surface area contributed by atoms with Gasteiger partial charge in [0, 0.05) is 17.3 Å². The Labute approximate surface area is 133 Å². The lowest BCUT2D eigenvalue weighted by Crippen LogP contribution is -2.45. The molecule has 2 heteroatoms. The van der Waals surface area contributed by atoms with Gasteiger partial charge >= 0.3 is 0 Å². The molecule has 0 bridgehead atoms. The molecule has 0 unspecified atom stereocenters. The highest BCUT2D eigenvalue weighted by molar-refractivity contribution is 5.95. The quantitative estimate of drug-likeness (QED) is 0.733. The van der Waals surface area contributed by atoms with Crippen molar-refractivity contribution in [2.24, 2.45) is 45.8 Å². The Morgan fingerprint density at radius 1 is 1.05 bits per heavy atom. The molecule has 5 aliphatic carbocycles. The van der Waals surface area contributed by atoms with Crippen molar-refractivity contribution >= 4 is 11.6 Å². The highest BCUT2D eigenvalue weighted by Gasteiger charge is 2.81. The third-order valence-corrected chi connectivity index (χ3v) is 9.46. The largest absolute Gasteiger partial charge is 0.300 e. The number of hydrogen-bond acceptors (Lipinski definition) is 2. The molecule has 22 heavy (non-hydrogen) atoms. The summed E-state index contributed by atoms with van der Waals surface area (Å²) in [5.41, 5.74) is 0.496. The van der Waals surface area contributed by atoms with E-state index in [0.717, 1.165) is 12.8 Å². The third kappa shape index (κ3) is 1.18. The summed E-state index contributed by atoms with van der Waals surface area (Å²) in [6.45, 7) is 6.55. The minimum Gasteiger partial charge on any atom is -0.300 e. The molecule has 0 aromatic carbocycles. The van der Waals surface area contributed by atoms with E-state index in [2.05, 4.69) is 13.8 Å². The van der Waals surface area contributed by atoms with Gasteiger partial charge < -0.3 is 0 Å². The fourth-order valence-electron chi connectivity index (χ4n) is 8.36. The van der Waals surface area contributed by atoms with Crippen molar-refractivity contribution in [3.05, 3.63) is 0 Å². The minimum atomic E-state index is 0.0852. The van der Waals surface area contributed by atoms with Gasteiger partial charge in [-0.2, -0.15) is 0 Å². The Balaban J connectivity index is 1.58. The van der Waals surface area contributed by atoms with Gasteiger partial charge in [-0.15, -0.1) is 0 Å². The lowest BCUT2D eigenvalue weighted by Gasteiger charge is -2.48. The van der Waals surface area contributed by atoms with Crippen LogP contribution < -0.4 is 0 Å². The van der Waals surface area contributed by atoms with E-state index in [-0.39, 0.29) is 16.7 Å². The summed E-state index contributed by atoms with van der Waals surface area (Å²) in [6, 6.07) is 0. The summed E-state index contributed by atoms with van der Waals surface area (Å²) in [4.78, 5) is 25.6. The van der Waals surface area contributed by atoms with Crippen molar-refractivity contribution in [1.82, 2.24) is 0 Å². The summed E-state index contributed by atoms with van der Waals surface area (Å²) in [5, 5.41) is 0. The van der Waals surface area contributed by atoms with Crippen molar-refractivity contribution in [2.45, 2.75) is 65.7 Å². The molecule has 5 aliphatic rings. The summed E-state index contributed by atoms with van der Waals surface area (Å²) >= 11 is 0. The zero-order valence-corrected chi connectivity index (χ0v) is 14.2. The van der Waals surface area contributed by atoms with Crippen LogP contribution in [-0.4, -0.2) is 11.6 Å². The van der Waals surface area contributed by atoms with Crippen molar-refractivity contribution < 1.29 is 9.59 Å². The molecule has 2 nitrogen and oxygen atoms in total. The molecular formula is C20H28O2.